The number of carbonyl (C=O) groups is 4. The number of hydrogen-bond acceptors (Lipinski definition) is 5. The Morgan fingerprint density at radius 3 is 2.48 bits per heavy atom. The van der Waals surface area contributed by atoms with E-state index in [9.17, 15) is 19.2 Å². The molecule has 0 aliphatic carbocycles. The van der Waals surface area contributed by atoms with E-state index in [1.165, 1.54) is 0 Å². The van der Waals surface area contributed by atoms with Crippen LogP contribution in [0.25, 0.3) is 0 Å². The van der Waals surface area contributed by atoms with Crippen LogP contribution in [0.3, 0.4) is 0 Å². The number of rotatable bonds is 6. The number of amides is 3. The topological polar surface area (TPSA) is 92.8 Å². The first-order chi connectivity index (χ1) is 11.8. The van der Waals surface area contributed by atoms with E-state index in [0.717, 1.165) is 4.90 Å². The molecule has 0 aromatic heterocycles. The Kier molecular flexibility index (Phi) is 6.39. The van der Waals surface area contributed by atoms with Crippen LogP contribution in [0.5, 0.6) is 0 Å². The Hall–Kier alpha value is -2.12. The van der Waals surface area contributed by atoms with Gasteiger partial charge in [0.25, 0.3) is 5.91 Å². The van der Waals surface area contributed by atoms with E-state index >= 15 is 0 Å². The minimum atomic E-state index is -0.823. The molecule has 1 N–H and O–H groups in total. The number of benzene rings is 1. The predicted octanol–water partition coefficient (Wildman–Crippen LogP) is 1.86. The molecule has 134 valence electrons. The molecule has 1 aromatic rings. The zero-order chi connectivity index (χ0) is 18.6. The summed E-state index contributed by atoms with van der Waals surface area (Å²) in [7, 11) is 0. The van der Waals surface area contributed by atoms with Crippen molar-refractivity contribution >= 4 is 46.9 Å². The van der Waals surface area contributed by atoms with E-state index in [1.807, 2.05) is 0 Å². The van der Waals surface area contributed by atoms with Crippen molar-refractivity contribution in [3.05, 3.63) is 33.8 Å². The number of hydrogen-bond donors (Lipinski definition) is 1. The highest BCUT2D eigenvalue weighted by Gasteiger charge is 2.31. The fourth-order valence-electron chi connectivity index (χ4n) is 2.33. The van der Waals surface area contributed by atoms with Gasteiger partial charge in [0.1, 0.15) is 6.54 Å². The van der Waals surface area contributed by atoms with Crippen molar-refractivity contribution in [2.75, 3.05) is 13.2 Å². The summed E-state index contributed by atoms with van der Waals surface area (Å²) in [5.74, 6) is -2.20. The van der Waals surface area contributed by atoms with Crippen molar-refractivity contribution in [2.45, 2.75) is 25.8 Å². The van der Waals surface area contributed by atoms with Gasteiger partial charge in [-0.3, -0.25) is 24.1 Å². The van der Waals surface area contributed by atoms with E-state index in [0.29, 0.717) is 15.6 Å². The number of esters is 1. The zero-order valence-electron chi connectivity index (χ0n) is 13.4. The molecule has 1 unspecified atom stereocenters. The number of imide groups is 1. The first kappa shape index (κ1) is 19.2. The highest BCUT2D eigenvalue weighted by molar-refractivity contribution is 6.35. The third-order valence-electron chi connectivity index (χ3n) is 3.61. The quantitative estimate of drug-likeness (QED) is 0.594. The molecule has 0 saturated carbocycles. The summed E-state index contributed by atoms with van der Waals surface area (Å²) < 4.78 is 4.80. The van der Waals surface area contributed by atoms with Gasteiger partial charge in [-0.2, -0.15) is 0 Å². The van der Waals surface area contributed by atoms with Crippen LogP contribution in [0.1, 0.15) is 31.4 Å². The Morgan fingerprint density at radius 2 is 1.88 bits per heavy atom. The Bertz CT molecular complexity index is 706. The number of halogens is 2. The standard InChI is InChI=1S/C16H16Cl2N2O5/c1-9(11-3-2-10(17)6-12(11)18)19-13(21)8-25-16(24)7-20-14(22)4-5-15(20)23/h2-3,6,9H,4-5,7-8H2,1H3,(H,19,21). The van der Waals surface area contributed by atoms with Gasteiger partial charge in [-0.15, -0.1) is 0 Å². The van der Waals surface area contributed by atoms with Crippen molar-refractivity contribution in [2.24, 2.45) is 0 Å². The summed E-state index contributed by atoms with van der Waals surface area (Å²) in [5.41, 5.74) is 0.666. The van der Waals surface area contributed by atoms with E-state index in [1.54, 1.807) is 25.1 Å². The van der Waals surface area contributed by atoms with E-state index in [2.05, 4.69) is 5.32 Å². The lowest BCUT2D eigenvalue weighted by molar-refractivity contribution is -0.154. The molecule has 7 nitrogen and oxygen atoms in total. The van der Waals surface area contributed by atoms with Crippen molar-refractivity contribution in [3.8, 4) is 0 Å². The summed E-state index contributed by atoms with van der Waals surface area (Å²) in [6, 6.07) is 4.48. The fraction of sp³-hybridized carbons (Fsp3) is 0.375. The predicted molar refractivity (Wildman–Crippen MR) is 89.9 cm³/mol. The van der Waals surface area contributed by atoms with Crippen LogP contribution in [-0.4, -0.2) is 41.7 Å². The van der Waals surface area contributed by atoms with E-state index in [4.69, 9.17) is 27.9 Å². The SMILES string of the molecule is CC(NC(=O)COC(=O)CN1C(=O)CCC1=O)c1ccc(Cl)cc1Cl. The third-order valence-corrected chi connectivity index (χ3v) is 4.18. The Balaban J connectivity index is 1.81. The average Bonchev–Trinajstić information content (AvgIpc) is 2.84. The molecule has 0 radical (unpaired) electrons. The van der Waals surface area contributed by atoms with Gasteiger partial charge in [-0.05, 0) is 24.6 Å². The van der Waals surface area contributed by atoms with E-state index in [-0.39, 0.29) is 12.8 Å². The van der Waals surface area contributed by atoms with Crippen LogP contribution in [-0.2, 0) is 23.9 Å². The molecule has 1 heterocycles. The first-order valence-electron chi connectivity index (χ1n) is 7.51. The molecule has 1 aliphatic rings. The Morgan fingerprint density at radius 1 is 1.24 bits per heavy atom. The summed E-state index contributed by atoms with van der Waals surface area (Å²) in [6.45, 7) is 0.713. The number of nitrogens with one attached hydrogen (secondary N) is 1. The van der Waals surface area contributed by atoms with Crippen molar-refractivity contribution < 1.29 is 23.9 Å². The molecule has 0 bridgehead atoms. The van der Waals surface area contributed by atoms with Crippen LogP contribution >= 0.6 is 23.2 Å². The molecule has 1 saturated heterocycles. The van der Waals surface area contributed by atoms with Gasteiger partial charge in [-0.25, -0.2) is 0 Å². The fourth-order valence-corrected chi connectivity index (χ4v) is 2.91. The molecule has 1 fully saturated rings. The second-order valence-electron chi connectivity index (χ2n) is 5.49. The lowest BCUT2D eigenvalue weighted by Gasteiger charge is -2.16. The third kappa shape index (κ3) is 5.17. The Labute approximate surface area is 154 Å². The highest BCUT2D eigenvalue weighted by atomic mass is 35.5. The zero-order valence-corrected chi connectivity index (χ0v) is 14.9. The summed E-state index contributed by atoms with van der Waals surface area (Å²) in [5, 5.41) is 3.52. The molecule has 2 rings (SSSR count). The van der Waals surface area contributed by atoms with Crippen LogP contribution in [0, 0.1) is 0 Å². The first-order valence-corrected chi connectivity index (χ1v) is 8.26. The van der Waals surface area contributed by atoms with Crippen LogP contribution in [0.15, 0.2) is 18.2 Å². The van der Waals surface area contributed by atoms with Gasteiger partial charge >= 0.3 is 5.97 Å². The largest absolute Gasteiger partial charge is 0.454 e. The van der Waals surface area contributed by atoms with Gasteiger partial charge in [-0.1, -0.05) is 29.3 Å². The second kappa shape index (κ2) is 8.31. The molecule has 0 spiro atoms. The number of ether oxygens (including phenoxy) is 1. The molecular weight excluding hydrogens is 371 g/mol. The van der Waals surface area contributed by atoms with Crippen LogP contribution in [0.2, 0.25) is 10.0 Å². The maximum absolute atomic E-state index is 11.9. The van der Waals surface area contributed by atoms with Gasteiger partial charge in [0.15, 0.2) is 6.61 Å². The maximum Gasteiger partial charge on any atom is 0.326 e. The minimum Gasteiger partial charge on any atom is -0.454 e. The molecule has 25 heavy (non-hydrogen) atoms. The van der Waals surface area contributed by atoms with Gasteiger partial charge in [0.05, 0.1) is 6.04 Å². The molecule has 1 aromatic carbocycles. The van der Waals surface area contributed by atoms with E-state index < -0.39 is 42.9 Å². The number of carbonyl (C=O) groups excluding carboxylic acids is 4. The van der Waals surface area contributed by atoms with Crippen molar-refractivity contribution in [1.82, 2.24) is 10.2 Å². The van der Waals surface area contributed by atoms with Gasteiger partial charge in [0.2, 0.25) is 11.8 Å². The van der Waals surface area contributed by atoms with Crippen LogP contribution < -0.4 is 5.32 Å². The van der Waals surface area contributed by atoms with Gasteiger partial charge in [0, 0.05) is 22.9 Å². The highest BCUT2D eigenvalue weighted by Crippen LogP contribution is 2.25. The molecule has 9 heteroatoms. The maximum atomic E-state index is 11.9. The number of likely N-dealkylation sites (tertiary alicyclic amines) is 1. The second-order valence-corrected chi connectivity index (χ2v) is 6.33. The van der Waals surface area contributed by atoms with Crippen LogP contribution in [0.4, 0.5) is 0 Å². The lowest BCUT2D eigenvalue weighted by Crippen LogP contribution is -2.37. The van der Waals surface area contributed by atoms with Crippen molar-refractivity contribution in [3.63, 3.8) is 0 Å². The van der Waals surface area contributed by atoms with Crippen molar-refractivity contribution in [1.29, 1.82) is 0 Å². The smallest absolute Gasteiger partial charge is 0.326 e. The summed E-state index contributed by atoms with van der Waals surface area (Å²) in [6.07, 6.45) is 0.179. The van der Waals surface area contributed by atoms with Gasteiger partial charge < -0.3 is 10.1 Å². The molecular formula is C16H16Cl2N2O5. The molecule has 1 atom stereocenters. The monoisotopic (exact) mass is 386 g/mol. The number of nitrogens with zero attached hydrogens (tertiary/aromatic N) is 1. The average molecular weight is 387 g/mol. The molecule has 3 amide bonds. The summed E-state index contributed by atoms with van der Waals surface area (Å²) >= 11 is 11.9. The molecule has 1 aliphatic heterocycles. The normalized spacial score (nSPS) is 15.2. The lowest BCUT2D eigenvalue weighted by atomic mass is 10.1. The summed E-state index contributed by atoms with van der Waals surface area (Å²) in [4.78, 5) is 47.2. The minimum absolute atomic E-state index is 0.0893.